The number of hydrogen-bond donors (Lipinski definition) is 0. The maximum absolute atomic E-state index is 2.42. The molecule has 0 fully saturated rings. The van der Waals surface area contributed by atoms with Crippen LogP contribution in [0, 0.1) is 0 Å². The minimum atomic E-state index is 1.09. The van der Waals surface area contributed by atoms with Gasteiger partial charge in [0.15, 0.2) is 0 Å². The molecule has 286 valence electrons. The molecular weight excluding hydrogens is 739 g/mol. The predicted molar refractivity (Wildman–Crippen MR) is 258 cm³/mol. The van der Waals surface area contributed by atoms with E-state index in [2.05, 4.69) is 251 Å². The van der Waals surface area contributed by atoms with Gasteiger partial charge < -0.3 is 14.0 Å². The average molecular weight is 778 g/mol. The van der Waals surface area contributed by atoms with E-state index in [-0.39, 0.29) is 0 Å². The fourth-order valence-corrected chi connectivity index (χ4v) is 9.46. The van der Waals surface area contributed by atoms with E-state index in [0.29, 0.717) is 0 Å². The molecule has 10 aromatic carbocycles. The Morgan fingerprint density at radius 1 is 0.262 bits per heavy atom. The third-order valence-electron chi connectivity index (χ3n) is 12.3. The van der Waals surface area contributed by atoms with Crippen molar-refractivity contribution in [1.29, 1.82) is 0 Å². The highest BCUT2D eigenvalue weighted by Gasteiger charge is 2.19. The van der Waals surface area contributed by atoms with Crippen LogP contribution in [0.15, 0.2) is 237 Å². The maximum atomic E-state index is 2.42. The molecule has 0 unspecified atom stereocenters. The molecule has 3 nitrogen and oxygen atoms in total. The molecule has 0 N–H and O–H groups in total. The van der Waals surface area contributed by atoms with Crippen molar-refractivity contribution < 1.29 is 0 Å². The van der Waals surface area contributed by atoms with Crippen molar-refractivity contribution in [2.24, 2.45) is 0 Å². The lowest BCUT2D eigenvalue weighted by molar-refractivity contribution is 1.18. The maximum Gasteiger partial charge on any atom is 0.0561 e. The molecule has 2 aromatic heterocycles. The van der Waals surface area contributed by atoms with Crippen molar-refractivity contribution in [3.8, 4) is 33.6 Å². The van der Waals surface area contributed by atoms with E-state index in [0.717, 1.165) is 28.4 Å². The standard InChI is InChI=1S/C58H39N3/c1-4-14-40(15-5-1)41-24-32-48(33-25-41)60-54-23-13-12-22-51(54)52-36-34-49(39-57(52)60)59(45-17-6-2-7-18-45)47-30-26-42(27-31-47)44-28-35-53-56(38-44)61(46-19-8-3-9-20-46)55-37-29-43-16-10-11-21-50(43)58(53)55/h1-39H. The zero-order valence-corrected chi connectivity index (χ0v) is 33.4. The second-order valence-electron chi connectivity index (χ2n) is 15.8. The molecule has 12 rings (SSSR count). The minimum Gasteiger partial charge on any atom is -0.310 e. The number of anilines is 3. The molecule has 0 aliphatic rings. The number of benzene rings is 10. The summed E-state index contributed by atoms with van der Waals surface area (Å²) in [6.45, 7) is 0. The Balaban J connectivity index is 0.977. The highest BCUT2D eigenvalue weighted by molar-refractivity contribution is 6.21. The van der Waals surface area contributed by atoms with Crippen LogP contribution in [0.25, 0.3) is 88.0 Å². The van der Waals surface area contributed by atoms with Gasteiger partial charge in [-0.25, -0.2) is 0 Å². The van der Waals surface area contributed by atoms with Crippen LogP contribution in [0.1, 0.15) is 0 Å². The molecule has 61 heavy (non-hydrogen) atoms. The van der Waals surface area contributed by atoms with Crippen LogP contribution >= 0.6 is 0 Å². The van der Waals surface area contributed by atoms with E-state index in [4.69, 9.17) is 0 Å². The van der Waals surface area contributed by atoms with Crippen LogP contribution in [0.2, 0.25) is 0 Å². The Labute approximate surface area is 354 Å². The number of fused-ring (bicyclic) bond motifs is 8. The molecule has 12 aromatic rings. The molecular formula is C58H39N3. The van der Waals surface area contributed by atoms with Crippen LogP contribution in [-0.2, 0) is 0 Å². The van der Waals surface area contributed by atoms with Gasteiger partial charge in [-0.1, -0.05) is 158 Å². The zero-order chi connectivity index (χ0) is 40.3. The quantitative estimate of drug-likeness (QED) is 0.157. The summed E-state index contributed by atoms with van der Waals surface area (Å²) in [7, 11) is 0. The number of para-hydroxylation sites is 3. The van der Waals surface area contributed by atoms with Gasteiger partial charge >= 0.3 is 0 Å². The van der Waals surface area contributed by atoms with Gasteiger partial charge in [0.05, 0.1) is 22.1 Å². The minimum absolute atomic E-state index is 1.09. The highest BCUT2D eigenvalue weighted by atomic mass is 15.1. The Morgan fingerprint density at radius 2 is 0.770 bits per heavy atom. The van der Waals surface area contributed by atoms with Crippen molar-refractivity contribution in [3.05, 3.63) is 237 Å². The topological polar surface area (TPSA) is 13.1 Å². The average Bonchev–Trinajstić information content (AvgIpc) is 3.85. The van der Waals surface area contributed by atoms with Crippen molar-refractivity contribution in [1.82, 2.24) is 9.13 Å². The first-order valence-electron chi connectivity index (χ1n) is 20.9. The Kier molecular flexibility index (Phi) is 8.17. The Hall–Kier alpha value is -8.14. The van der Waals surface area contributed by atoms with Gasteiger partial charge in [0, 0.05) is 50.0 Å². The van der Waals surface area contributed by atoms with Crippen molar-refractivity contribution in [3.63, 3.8) is 0 Å². The number of hydrogen-bond acceptors (Lipinski definition) is 1. The van der Waals surface area contributed by atoms with Gasteiger partial charge in [-0.3, -0.25) is 0 Å². The first-order chi connectivity index (χ1) is 30.3. The number of aromatic nitrogens is 2. The smallest absolute Gasteiger partial charge is 0.0561 e. The zero-order valence-electron chi connectivity index (χ0n) is 33.4. The lowest BCUT2D eigenvalue weighted by Crippen LogP contribution is -2.10. The fourth-order valence-electron chi connectivity index (χ4n) is 9.46. The number of nitrogens with zero attached hydrogens (tertiary/aromatic N) is 3. The summed E-state index contributed by atoms with van der Waals surface area (Å²) < 4.78 is 4.82. The van der Waals surface area contributed by atoms with Crippen molar-refractivity contribution >= 4 is 71.4 Å². The van der Waals surface area contributed by atoms with Crippen molar-refractivity contribution in [2.75, 3.05) is 4.90 Å². The molecule has 0 saturated carbocycles. The largest absolute Gasteiger partial charge is 0.310 e. The second kappa shape index (κ2) is 14.3. The number of rotatable bonds is 7. The Morgan fingerprint density at radius 3 is 1.56 bits per heavy atom. The van der Waals surface area contributed by atoms with E-state index in [1.807, 2.05) is 0 Å². The summed E-state index contributed by atoms with van der Waals surface area (Å²) in [5.74, 6) is 0. The van der Waals surface area contributed by atoms with E-state index in [9.17, 15) is 0 Å². The molecule has 0 radical (unpaired) electrons. The van der Waals surface area contributed by atoms with Crippen LogP contribution in [0.3, 0.4) is 0 Å². The van der Waals surface area contributed by atoms with Gasteiger partial charge in [-0.15, -0.1) is 0 Å². The summed E-state index contributed by atoms with van der Waals surface area (Å²) in [6, 6.07) is 85.8. The molecule has 0 amide bonds. The molecule has 2 heterocycles. The first-order valence-corrected chi connectivity index (χ1v) is 20.9. The van der Waals surface area contributed by atoms with Crippen LogP contribution < -0.4 is 4.90 Å². The summed E-state index contributed by atoms with van der Waals surface area (Å²) >= 11 is 0. The lowest BCUT2D eigenvalue weighted by Gasteiger charge is -2.26. The Bertz CT molecular complexity index is 3550. The lowest BCUT2D eigenvalue weighted by atomic mass is 10.0. The van der Waals surface area contributed by atoms with Gasteiger partial charge in [-0.2, -0.15) is 0 Å². The normalized spacial score (nSPS) is 11.6. The molecule has 3 heteroatoms. The monoisotopic (exact) mass is 777 g/mol. The van der Waals surface area contributed by atoms with Gasteiger partial charge in [0.2, 0.25) is 0 Å². The molecule has 0 aliphatic heterocycles. The summed E-state index contributed by atoms with van der Waals surface area (Å²) in [5, 5.41) is 7.54. The first kappa shape index (κ1) is 34.9. The molecule has 0 atom stereocenters. The summed E-state index contributed by atoms with van der Waals surface area (Å²) in [6.07, 6.45) is 0. The van der Waals surface area contributed by atoms with E-state index < -0.39 is 0 Å². The van der Waals surface area contributed by atoms with Gasteiger partial charge in [0.25, 0.3) is 0 Å². The fraction of sp³-hybridized carbons (Fsp3) is 0. The molecule has 0 saturated heterocycles. The predicted octanol–water partition coefficient (Wildman–Crippen LogP) is 15.8. The third kappa shape index (κ3) is 5.82. The van der Waals surface area contributed by atoms with E-state index in [1.54, 1.807) is 0 Å². The highest BCUT2D eigenvalue weighted by Crippen LogP contribution is 2.42. The van der Waals surface area contributed by atoms with Crippen molar-refractivity contribution in [2.45, 2.75) is 0 Å². The molecule has 0 spiro atoms. The SMILES string of the molecule is c1ccc(-c2ccc(-n3c4ccccc4c4ccc(N(c5ccccc5)c5ccc(-c6ccc7c8c9ccccc9ccc8n(-c8ccccc8)c7c6)cc5)cc43)cc2)cc1. The second-order valence-corrected chi connectivity index (χ2v) is 15.8. The third-order valence-corrected chi connectivity index (χ3v) is 12.3. The van der Waals surface area contributed by atoms with E-state index in [1.165, 1.54) is 76.6 Å². The van der Waals surface area contributed by atoms with Gasteiger partial charge in [-0.05, 0) is 112 Å². The summed E-state index contributed by atoms with van der Waals surface area (Å²) in [4.78, 5) is 2.37. The van der Waals surface area contributed by atoms with E-state index >= 15 is 0 Å². The van der Waals surface area contributed by atoms with Crippen LogP contribution in [0.5, 0.6) is 0 Å². The molecule has 0 bridgehead atoms. The van der Waals surface area contributed by atoms with Crippen LogP contribution in [0.4, 0.5) is 17.1 Å². The summed E-state index contributed by atoms with van der Waals surface area (Å²) in [5.41, 5.74) is 15.1. The van der Waals surface area contributed by atoms with Crippen LogP contribution in [-0.4, -0.2) is 9.13 Å². The molecule has 0 aliphatic carbocycles. The van der Waals surface area contributed by atoms with Gasteiger partial charge in [0.1, 0.15) is 0 Å².